The first-order valence-electron chi connectivity index (χ1n) is 10.8. The van der Waals surface area contributed by atoms with Crippen LogP contribution in [0, 0.1) is 12.8 Å². The summed E-state index contributed by atoms with van der Waals surface area (Å²) in [4.78, 5) is 26.0. The molecule has 1 aliphatic rings. The standard InChI is InChI=1S/C24H29N5O2.ClH/c1-18-9-13-28(16-19-6-4-10-25-14-19)24(31)22(18)23(30)26-15-20-7-2-3-8-21(20)17-29-12-5-11-27-29;/h2-3,5,7-9,11-13,19,25H,4,6,10,14-17H2,1H3,(H,26,30);1H. The second-order valence-corrected chi connectivity index (χ2v) is 8.20. The second-order valence-electron chi connectivity index (χ2n) is 8.20. The highest BCUT2D eigenvalue weighted by molar-refractivity contribution is 5.95. The van der Waals surface area contributed by atoms with Crippen molar-refractivity contribution in [3.8, 4) is 0 Å². The van der Waals surface area contributed by atoms with Crippen molar-refractivity contribution in [2.45, 2.75) is 39.4 Å². The number of amides is 1. The van der Waals surface area contributed by atoms with Gasteiger partial charge in [0.2, 0.25) is 0 Å². The maximum absolute atomic E-state index is 13.1. The Labute approximate surface area is 194 Å². The largest absolute Gasteiger partial charge is 0.348 e. The van der Waals surface area contributed by atoms with Crippen LogP contribution in [0.5, 0.6) is 0 Å². The Morgan fingerprint density at radius 3 is 2.72 bits per heavy atom. The van der Waals surface area contributed by atoms with E-state index in [0.717, 1.165) is 37.1 Å². The Morgan fingerprint density at radius 2 is 2.00 bits per heavy atom. The second kappa shape index (κ2) is 11.1. The van der Waals surface area contributed by atoms with Crippen LogP contribution in [0.2, 0.25) is 0 Å². The van der Waals surface area contributed by atoms with Crippen molar-refractivity contribution in [2.75, 3.05) is 13.1 Å². The normalized spacial score (nSPS) is 15.7. The van der Waals surface area contributed by atoms with E-state index in [-0.39, 0.29) is 29.4 Å². The average Bonchev–Trinajstić information content (AvgIpc) is 3.29. The molecule has 1 saturated heterocycles. The van der Waals surface area contributed by atoms with Gasteiger partial charge in [0, 0.05) is 31.7 Å². The SMILES string of the molecule is Cc1ccn(CC2CCCNC2)c(=O)c1C(=O)NCc1ccccc1Cn1cccn1.Cl. The zero-order valence-corrected chi connectivity index (χ0v) is 19.1. The molecule has 8 heteroatoms. The van der Waals surface area contributed by atoms with Crippen molar-refractivity contribution >= 4 is 18.3 Å². The minimum Gasteiger partial charge on any atom is -0.348 e. The molecule has 2 aromatic heterocycles. The predicted molar refractivity (Wildman–Crippen MR) is 127 cm³/mol. The van der Waals surface area contributed by atoms with Gasteiger partial charge in [-0.2, -0.15) is 5.10 Å². The number of benzene rings is 1. The van der Waals surface area contributed by atoms with Crippen molar-refractivity contribution in [1.29, 1.82) is 0 Å². The molecule has 170 valence electrons. The van der Waals surface area contributed by atoms with Crippen LogP contribution < -0.4 is 16.2 Å². The van der Waals surface area contributed by atoms with Crippen LogP contribution in [-0.2, 0) is 19.6 Å². The molecule has 32 heavy (non-hydrogen) atoms. The maximum atomic E-state index is 13.1. The molecule has 1 unspecified atom stereocenters. The third-order valence-electron chi connectivity index (χ3n) is 5.90. The number of piperidine rings is 1. The lowest BCUT2D eigenvalue weighted by Gasteiger charge is -2.23. The molecule has 0 aliphatic carbocycles. The number of rotatable bonds is 7. The molecule has 2 N–H and O–H groups in total. The third kappa shape index (κ3) is 5.66. The highest BCUT2D eigenvalue weighted by Crippen LogP contribution is 2.13. The fourth-order valence-corrected chi connectivity index (χ4v) is 4.16. The first-order valence-corrected chi connectivity index (χ1v) is 10.8. The molecule has 0 saturated carbocycles. The van der Waals surface area contributed by atoms with Crippen LogP contribution in [0.1, 0.15) is 39.9 Å². The van der Waals surface area contributed by atoms with Crippen LogP contribution in [0.3, 0.4) is 0 Å². The molecule has 1 atom stereocenters. The molecule has 1 amide bonds. The molecular formula is C24H30ClN5O2. The van der Waals surface area contributed by atoms with Crippen molar-refractivity contribution in [3.05, 3.63) is 87.6 Å². The van der Waals surface area contributed by atoms with E-state index < -0.39 is 0 Å². The summed E-state index contributed by atoms with van der Waals surface area (Å²) in [6.45, 7) is 5.39. The van der Waals surface area contributed by atoms with E-state index >= 15 is 0 Å². The first-order chi connectivity index (χ1) is 15.1. The van der Waals surface area contributed by atoms with Crippen LogP contribution in [-0.4, -0.2) is 33.3 Å². The van der Waals surface area contributed by atoms with Crippen molar-refractivity contribution in [1.82, 2.24) is 25.0 Å². The van der Waals surface area contributed by atoms with Gasteiger partial charge in [-0.25, -0.2) is 0 Å². The van der Waals surface area contributed by atoms with Crippen molar-refractivity contribution < 1.29 is 4.79 Å². The fourth-order valence-electron chi connectivity index (χ4n) is 4.16. The monoisotopic (exact) mass is 455 g/mol. The topological polar surface area (TPSA) is 81.0 Å². The lowest BCUT2D eigenvalue weighted by molar-refractivity contribution is 0.0948. The van der Waals surface area contributed by atoms with Gasteiger partial charge in [0.25, 0.3) is 11.5 Å². The van der Waals surface area contributed by atoms with Gasteiger partial charge in [0.15, 0.2) is 0 Å². The summed E-state index contributed by atoms with van der Waals surface area (Å²) in [6.07, 6.45) is 7.69. The highest BCUT2D eigenvalue weighted by Gasteiger charge is 2.19. The Hall–Kier alpha value is -2.90. The van der Waals surface area contributed by atoms with Crippen molar-refractivity contribution in [3.63, 3.8) is 0 Å². The number of halogens is 1. The van der Waals surface area contributed by atoms with E-state index in [1.54, 1.807) is 10.8 Å². The Balaban J connectivity index is 0.00000289. The molecule has 0 spiro atoms. The van der Waals surface area contributed by atoms with E-state index in [1.807, 2.05) is 60.4 Å². The van der Waals surface area contributed by atoms with Gasteiger partial charge in [0.1, 0.15) is 5.56 Å². The molecule has 1 aromatic carbocycles. The van der Waals surface area contributed by atoms with Crippen molar-refractivity contribution in [2.24, 2.45) is 5.92 Å². The lowest BCUT2D eigenvalue weighted by Crippen LogP contribution is -2.38. The van der Waals surface area contributed by atoms with Gasteiger partial charge >= 0.3 is 0 Å². The zero-order valence-electron chi connectivity index (χ0n) is 18.3. The number of carbonyl (C=O) groups excluding carboxylic acids is 1. The number of aromatic nitrogens is 3. The summed E-state index contributed by atoms with van der Waals surface area (Å²) in [5.74, 6) is 0.0896. The highest BCUT2D eigenvalue weighted by atomic mass is 35.5. The fraction of sp³-hybridized carbons (Fsp3) is 0.375. The predicted octanol–water partition coefficient (Wildman–Crippen LogP) is 2.75. The number of carbonyl (C=O) groups is 1. The molecule has 7 nitrogen and oxygen atoms in total. The summed E-state index contributed by atoms with van der Waals surface area (Å²) in [6, 6.07) is 11.7. The van der Waals surface area contributed by atoms with Gasteiger partial charge in [-0.3, -0.25) is 14.3 Å². The number of pyridine rings is 1. The van der Waals surface area contributed by atoms with Gasteiger partial charge in [0.05, 0.1) is 6.54 Å². The van der Waals surface area contributed by atoms with Gasteiger partial charge in [-0.15, -0.1) is 12.4 Å². The Kier molecular flexibility index (Phi) is 8.25. The zero-order chi connectivity index (χ0) is 21.6. The lowest BCUT2D eigenvalue weighted by atomic mass is 9.99. The summed E-state index contributed by atoms with van der Waals surface area (Å²) in [5.41, 5.74) is 2.81. The van der Waals surface area contributed by atoms with E-state index in [0.29, 0.717) is 31.1 Å². The van der Waals surface area contributed by atoms with Gasteiger partial charge in [-0.05, 0) is 67.6 Å². The van der Waals surface area contributed by atoms with Crippen LogP contribution in [0.25, 0.3) is 0 Å². The molecule has 1 aliphatic heterocycles. The van der Waals surface area contributed by atoms with Crippen LogP contribution in [0.4, 0.5) is 0 Å². The number of nitrogens with zero attached hydrogens (tertiary/aromatic N) is 3. The summed E-state index contributed by atoms with van der Waals surface area (Å²) in [7, 11) is 0. The molecule has 0 bridgehead atoms. The van der Waals surface area contributed by atoms with E-state index in [1.165, 1.54) is 0 Å². The summed E-state index contributed by atoms with van der Waals surface area (Å²) >= 11 is 0. The first kappa shape index (κ1) is 23.8. The number of nitrogens with one attached hydrogen (secondary N) is 2. The molecule has 3 aromatic rings. The minimum atomic E-state index is -0.326. The molecular weight excluding hydrogens is 426 g/mol. The van der Waals surface area contributed by atoms with E-state index in [9.17, 15) is 9.59 Å². The van der Waals surface area contributed by atoms with Crippen LogP contribution in [0.15, 0.2) is 59.8 Å². The van der Waals surface area contributed by atoms with E-state index in [2.05, 4.69) is 15.7 Å². The molecule has 1 fully saturated rings. The summed E-state index contributed by atoms with van der Waals surface area (Å²) < 4.78 is 3.53. The number of hydrogen-bond acceptors (Lipinski definition) is 4. The van der Waals surface area contributed by atoms with Crippen LogP contribution >= 0.6 is 12.4 Å². The minimum absolute atomic E-state index is 0. The quantitative estimate of drug-likeness (QED) is 0.574. The maximum Gasteiger partial charge on any atom is 0.263 e. The Morgan fingerprint density at radius 1 is 1.19 bits per heavy atom. The smallest absolute Gasteiger partial charge is 0.263 e. The number of hydrogen-bond donors (Lipinski definition) is 2. The Bertz CT molecular complexity index is 1090. The van der Waals surface area contributed by atoms with Gasteiger partial charge in [-0.1, -0.05) is 24.3 Å². The molecule has 4 rings (SSSR count). The average molecular weight is 456 g/mol. The molecule has 0 radical (unpaired) electrons. The number of aryl methyl sites for hydroxylation is 1. The third-order valence-corrected chi connectivity index (χ3v) is 5.90. The molecule has 3 heterocycles. The van der Waals surface area contributed by atoms with Gasteiger partial charge < -0.3 is 15.2 Å². The summed E-state index contributed by atoms with van der Waals surface area (Å²) in [5, 5.41) is 10.6. The van der Waals surface area contributed by atoms with E-state index in [4.69, 9.17) is 0 Å².